The zero-order valence-electron chi connectivity index (χ0n) is 18.8. The van der Waals surface area contributed by atoms with Gasteiger partial charge in [0.25, 0.3) is 0 Å². The molecule has 0 atom stereocenters. The number of hydrogen-bond donors (Lipinski definition) is 0. The first-order valence-electron chi connectivity index (χ1n) is 11.5. The molecule has 2 aliphatic heterocycles. The lowest BCUT2D eigenvalue weighted by Crippen LogP contribution is -2.47. The van der Waals surface area contributed by atoms with Crippen molar-refractivity contribution in [2.45, 2.75) is 19.4 Å². The van der Waals surface area contributed by atoms with Gasteiger partial charge in [-0.05, 0) is 36.2 Å². The molecule has 0 bridgehead atoms. The summed E-state index contributed by atoms with van der Waals surface area (Å²) >= 11 is 0. The Morgan fingerprint density at radius 1 is 0.875 bits per heavy atom. The monoisotopic (exact) mass is 429 g/mol. The third kappa shape index (κ3) is 4.70. The number of piperazine rings is 1. The number of ether oxygens (including phenoxy) is 1. The van der Waals surface area contributed by atoms with Gasteiger partial charge in [-0.1, -0.05) is 30.3 Å². The van der Waals surface area contributed by atoms with Crippen LogP contribution in [0.5, 0.6) is 5.75 Å². The fraction of sp³-hybridized carbons (Fsp3) is 0.385. The summed E-state index contributed by atoms with van der Waals surface area (Å²) in [4.78, 5) is 17.0. The van der Waals surface area contributed by atoms with Crippen molar-refractivity contribution in [1.82, 2.24) is 14.9 Å². The number of rotatable bonds is 6. The summed E-state index contributed by atoms with van der Waals surface area (Å²) in [6, 6.07) is 19.0. The smallest absolute Gasteiger partial charge is 0.225 e. The lowest BCUT2D eigenvalue weighted by molar-refractivity contribution is 0.254. The molecule has 3 heterocycles. The lowest BCUT2D eigenvalue weighted by Gasteiger charge is -2.36. The first-order valence-corrected chi connectivity index (χ1v) is 11.5. The molecule has 0 saturated carbocycles. The topological polar surface area (TPSA) is 44.7 Å². The van der Waals surface area contributed by atoms with E-state index in [0.29, 0.717) is 0 Å². The van der Waals surface area contributed by atoms with Crippen molar-refractivity contribution in [2.75, 3.05) is 56.2 Å². The maximum Gasteiger partial charge on any atom is 0.225 e. The van der Waals surface area contributed by atoms with Gasteiger partial charge in [0.2, 0.25) is 5.95 Å². The summed E-state index contributed by atoms with van der Waals surface area (Å²) in [6.07, 6.45) is 4.15. The number of anilines is 2. The minimum Gasteiger partial charge on any atom is -0.497 e. The molecule has 1 saturated heterocycles. The molecule has 2 aromatic carbocycles. The van der Waals surface area contributed by atoms with E-state index in [4.69, 9.17) is 14.7 Å². The Morgan fingerprint density at radius 3 is 2.38 bits per heavy atom. The van der Waals surface area contributed by atoms with Crippen molar-refractivity contribution >= 4 is 11.6 Å². The number of methoxy groups -OCH3 is 1. The molecule has 0 spiro atoms. The molecule has 166 valence electrons. The highest BCUT2D eigenvalue weighted by atomic mass is 16.5. The second-order valence-corrected chi connectivity index (χ2v) is 8.58. The van der Waals surface area contributed by atoms with E-state index >= 15 is 0 Å². The molecule has 1 fully saturated rings. The van der Waals surface area contributed by atoms with Crippen LogP contribution in [0.1, 0.15) is 16.8 Å². The summed E-state index contributed by atoms with van der Waals surface area (Å²) in [5.74, 6) is 1.78. The second-order valence-electron chi connectivity index (χ2n) is 8.58. The zero-order valence-corrected chi connectivity index (χ0v) is 18.8. The average Bonchev–Trinajstić information content (AvgIpc) is 2.88. The van der Waals surface area contributed by atoms with Gasteiger partial charge >= 0.3 is 0 Å². The van der Waals surface area contributed by atoms with E-state index in [1.807, 2.05) is 12.1 Å². The van der Waals surface area contributed by atoms with Crippen molar-refractivity contribution in [2.24, 2.45) is 0 Å². The molecular weight excluding hydrogens is 398 g/mol. The molecule has 32 heavy (non-hydrogen) atoms. The zero-order chi connectivity index (χ0) is 21.8. The second kappa shape index (κ2) is 9.57. The van der Waals surface area contributed by atoms with Crippen molar-refractivity contribution in [3.63, 3.8) is 0 Å². The highest BCUT2D eigenvalue weighted by molar-refractivity contribution is 5.51. The van der Waals surface area contributed by atoms with E-state index in [-0.39, 0.29) is 0 Å². The predicted molar refractivity (Wildman–Crippen MR) is 129 cm³/mol. The van der Waals surface area contributed by atoms with Gasteiger partial charge < -0.3 is 14.5 Å². The van der Waals surface area contributed by atoms with E-state index in [1.165, 1.54) is 22.5 Å². The van der Waals surface area contributed by atoms with Crippen LogP contribution in [-0.2, 0) is 19.4 Å². The quantitative estimate of drug-likeness (QED) is 0.598. The minimum absolute atomic E-state index is 0.885. The van der Waals surface area contributed by atoms with Crippen LogP contribution in [0.2, 0.25) is 0 Å². The van der Waals surface area contributed by atoms with Crippen molar-refractivity contribution in [3.05, 3.63) is 77.6 Å². The fourth-order valence-corrected chi connectivity index (χ4v) is 4.60. The molecule has 2 aliphatic rings. The van der Waals surface area contributed by atoms with E-state index < -0.39 is 0 Å². The predicted octanol–water partition coefficient (Wildman–Crippen LogP) is 3.41. The molecule has 1 aromatic heterocycles. The Hall–Kier alpha value is -3.12. The Balaban J connectivity index is 1.16. The molecule has 6 heteroatoms. The first-order chi connectivity index (χ1) is 15.8. The van der Waals surface area contributed by atoms with E-state index in [1.54, 1.807) is 7.11 Å². The van der Waals surface area contributed by atoms with Crippen molar-refractivity contribution in [1.29, 1.82) is 0 Å². The van der Waals surface area contributed by atoms with Gasteiger partial charge in [-0.3, -0.25) is 4.90 Å². The Labute approximate surface area is 190 Å². The number of nitrogens with zero attached hydrogens (tertiary/aromatic N) is 5. The number of fused-ring (bicyclic) bond motifs is 1. The Kier molecular flexibility index (Phi) is 6.21. The normalized spacial score (nSPS) is 16.7. The molecule has 3 aromatic rings. The highest BCUT2D eigenvalue weighted by Gasteiger charge is 2.23. The van der Waals surface area contributed by atoms with Crippen LogP contribution >= 0.6 is 0 Å². The maximum absolute atomic E-state index is 5.27. The Morgan fingerprint density at radius 2 is 1.62 bits per heavy atom. The molecule has 5 rings (SSSR count). The summed E-state index contributed by atoms with van der Waals surface area (Å²) < 4.78 is 5.27. The molecule has 0 aliphatic carbocycles. The molecule has 0 N–H and O–H groups in total. The number of benzene rings is 2. The largest absolute Gasteiger partial charge is 0.497 e. The van der Waals surface area contributed by atoms with Crippen LogP contribution < -0.4 is 14.5 Å². The molecular formula is C26H31N5O. The summed E-state index contributed by atoms with van der Waals surface area (Å²) in [5, 5.41) is 0. The average molecular weight is 430 g/mol. The van der Waals surface area contributed by atoms with Crippen LogP contribution in [0.25, 0.3) is 0 Å². The van der Waals surface area contributed by atoms with Gasteiger partial charge in [-0.25, -0.2) is 9.97 Å². The van der Waals surface area contributed by atoms with E-state index in [2.05, 4.69) is 63.4 Å². The van der Waals surface area contributed by atoms with E-state index in [0.717, 1.165) is 70.4 Å². The van der Waals surface area contributed by atoms with E-state index in [9.17, 15) is 0 Å². The standard InChI is InChI=1S/C26H31N5O/c1-32-24-9-7-23(8-10-24)30-15-17-31(18-16-30)26-27-19-22-20-29(14-12-25(22)28-26)13-11-21-5-3-2-4-6-21/h2-10,19H,11-18,20H2,1H3. The Bertz CT molecular complexity index is 1020. The summed E-state index contributed by atoms with van der Waals surface area (Å²) in [7, 11) is 1.70. The van der Waals surface area contributed by atoms with Gasteiger partial charge in [-0.15, -0.1) is 0 Å². The van der Waals surface area contributed by atoms with Crippen LogP contribution in [0.4, 0.5) is 11.6 Å². The highest BCUT2D eigenvalue weighted by Crippen LogP contribution is 2.23. The third-order valence-electron chi connectivity index (χ3n) is 6.56. The van der Waals surface area contributed by atoms with Gasteiger partial charge in [0.05, 0.1) is 12.8 Å². The minimum atomic E-state index is 0.885. The summed E-state index contributed by atoms with van der Waals surface area (Å²) in [6.45, 7) is 6.93. The summed E-state index contributed by atoms with van der Waals surface area (Å²) in [5.41, 5.74) is 5.15. The van der Waals surface area contributed by atoms with Gasteiger partial charge in [0.1, 0.15) is 5.75 Å². The maximum atomic E-state index is 5.27. The third-order valence-corrected chi connectivity index (χ3v) is 6.56. The fourth-order valence-electron chi connectivity index (χ4n) is 4.60. The van der Waals surface area contributed by atoms with Crippen molar-refractivity contribution in [3.8, 4) is 5.75 Å². The first kappa shape index (κ1) is 20.8. The van der Waals surface area contributed by atoms with Crippen LogP contribution in [0, 0.1) is 0 Å². The molecule has 0 amide bonds. The van der Waals surface area contributed by atoms with Gasteiger partial charge in [0, 0.05) is 69.7 Å². The van der Waals surface area contributed by atoms with Crippen LogP contribution in [-0.4, -0.2) is 61.2 Å². The van der Waals surface area contributed by atoms with Crippen LogP contribution in [0.15, 0.2) is 60.8 Å². The van der Waals surface area contributed by atoms with Crippen LogP contribution in [0.3, 0.4) is 0 Å². The molecule has 0 radical (unpaired) electrons. The number of hydrogen-bond acceptors (Lipinski definition) is 6. The van der Waals surface area contributed by atoms with Crippen molar-refractivity contribution < 1.29 is 4.74 Å². The molecule has 0 unspecified atom stereocenters. The number of aromatic nitrogens is 2. The van der Waals surface area contributed by atoms with Gasteiger partial charge in [0.15, 0.2) is 0 Å². The lowest BCUT2D eigenvalue weighted by atomic mass is 10.1. The SMILES string of the molecule is COc1ccc(N2CCN(c3ncc4c(n3)CCN(CCc3ccccc3)C4)CC2)cc1. The molecule has 6 nitrogen and oxygen atoms in total. The van der Waals surface area contributed by atoms with Gasteiger partial charge in [-0.2, -0.15) is 0 Å².